The van der Waals surface area contributed by atoms with Crippen molar-refractivity contribution in [1.82, 2.24) is 10.6 Å². The summed E-state index contributed by atoms with van der Waals surface area (Å²) in [5, 5.41) is 15.1. The van der Waals surface area contributed by atoms with Gasteiger partial charge in [-0.1, -0.05) is 0 Å². The van der Waals surface area contributed by atoms with Gasteiger partial charge in [0.15, 0.2) is 0 Å². The maximum Gasteiger partial charge on any atom is 0.322 e. The topological polar surface area (TPSA) is 90.8 Å². The Hall–Kier alpha value is -1.59. The van der Waals surface area contributed by atoms with E-state index in [9.17, 15) is 9.59 Å². The van der Waals surface area contributed by atoms with Crippen LogP contribution in [0.2, 0.25) is 0 Å². The number of nitrogens with zero attached hydrogens (tertiary/aromatic N) is 1. The third kappa shape index (κ3) is 1.66. The molecule has 60 valence electrons. The first-order chi connectivity index (χ1) is 5.24. The van der Waals surface area contributed by atoms with Gasteiger partial charge in [-0.3, -0.25) is 10.1 Å². The fourth-order valence-electron chi connectivity index (χ4n) is 0.777. The van der Waals surface area contributed by atoms with Gasteiger partial charge >= 0.3 is 6.03 Å². The summed E-state index contributed by atoms with van der Waals surface area (Å²) in [7, 11) is 0. The maximum absolute atomic E-state index is 10.8. The van der Waals surface area contributed by atoms with Crippen LogP contribution in [0.3, 0.4) is 0 Å². The second-order valence-corrected chi connectivity index (χ2v) is 2.05. The highest BCUT2D eigenvalue weighted by Gasteiger charge is 2.28. The van der Waals surface area contributed by atoms with Crippen molar-refractivity contribution in [2.75, 3.05) is 0 Å². The van der Waals surface area contributed by atoms with E-state index < -0.39 is 18.0 Å². The van der Waals surface area contributed by atoms with Crippen LogP contribution in [0, 0.1) is 0 Å². The Balaban J connectivity index is 2.47. The number of carbonyl (C=O) groups is 2. The van der Waals surface area contributed by atoms with Crippen LogP contribution >= 0.6 is 0 Å². The van der Waals surface area contributed by atoms with E-state index in [-0.39, 0.29) is 6.42 Å². The van der Waals surface area contributed by atoms with Crippen LogP contribution in [-0.4, -0.2) is 29.4 Å². The number of hydrogen-bond donors (Lipinski definition) is 3. The van der Waals surface area contributed by atoms with Crippen LogP contribution in [0.1, 0.15) is 6.42 Å². The van der Waals surface area contributed by atoms with Crippen LogP contribution < -0.4 is 10.6 Å². The van der Waals surface area contributed by atoms with E-state index in [0.29, 0.717) is 0 Å². The number of nitrogens with one attached hydrogen (secondary N) is 2. The summed E-state index contributed by atoms with van der Waals surface area (Å²) in [6.07, 6.45) is 1.35. The molecule has 3 N–H and O–H groups in total. The average molecular weight is 157 g/mol. The molecule has 0 aromatic heterocycles. The zero-order valence-electron chi connectivity index (χ0n) is 5.57. The molecule has 0 spiro atoms. The lowest BCUT2D eigenvalue weighted by molar-refractivity contribution is -0.120. The summed E-state index contributed by atoms with van der Waals surface area (Å²) < 4.78 is 0. The number of oxime groups is 1. The van der Waals surface area contributed by atoms with Gasteiger partial charge in [0.25, 0.3) is 5.91 Å². The van der Waals surface area contributed by atoms with Gasteiger partial charge in [0.05, 0.1) is 0 Å². The maximum atomic E-state index is 10.8. The molecule has 1 unspecified atom stereocenters. The van der Waals surface area contributed by atoms with Crippen molar-refractivity contribution < 1.29 is 14.8 Å². The molecule has 0 aliphatic carbocycles. The largest absolute Gasteiger partial charge is 0.411 e. The van der Waals surface area contributed by atoms with Gasteiger partial charge < -0.3 is 10.5 Å². The molecular formula is C5H7N3O3. The van der Waals surface area contributed by atoms with Gasteiger partial charge in [0, 0.05) is 12.6 Å². The number of hydrogen-bond acceptors (Lipinski definition) is 4. The minimum Gasteiger partial charge on any atom is -0.411 e. The molecular weight excluding hydrogens is 150 g/mol. The fourth-order valence-corrected chi connectivity index (χ4v) is 0.777. The molecule has 0 aromatic rings. The molecule has 3 amide bonds. The Morgan fingerprint density at radius 2 is 2.36 bits per heavy atom. The fraction of sp³-hybridized carbons (Fsp3) is 0.400. The van der Waals surface area contributed by atoms with E-state index >= 15 is 0 Å². The molecule has 1 saturated heterocycles. The standard InChI is InChI=1S/C5H7N3O3/c9-4-3(1-2-6-11)7-5(10)8-4/h2-3,11H,1H2,(H2,7,8,9,10). The molecule has 1 atom stereocenters. The van der Waals surface area contributed by atoms with Gasteiger partial charge in [-0.25, -0.2) is 4.79 Å². The van der Waals surface area contributed by atoms with Crippen LogP contribution in [0.15, 0.2) is 5.16 Å². The van der Waals surface area contributed by atoms with Gasteiger partial charge in [-0.2, -0.15) is 0 Å². The highest BCUT2D eigenvalue weighted by Crippen LogP contribution is 1.95. The highest BCUT2D eigenvalue weighted by atomic mass is 16.4. The van der Waals surface area contributed by atoms with Crippen LogP contribution in [-0.2, 0) is 4.79 Å². The third-order valence-electron chi connectivity index (χ3n) is 1.28. The molecule has 1 aliphatic heterocycles. The second-order valence-electron chi connectivity index (χ2n) is 2.05. The molecule has 1 heterocycles. The molecule has 1 fully saturated rings. The molecule has 0 radical (unpaired) electrons. The summed E-state index contributed by atoms with van der Waals surface area (Å²) in [6, 6.07) is -1.11. The normalized spacial score (nSPS) is 23.8. The summed E-state index contributed by atoms with van der Waals surface area (Å²) in [5.74, 6) is -0.394. The van der Waals surface area contributed by atoms with E-state index in [1.54, 1.807) is 0 Å². The van der Waals surface area contributed by atoms with Crippen molar-refractivity contribution in [3.8, 4) is 0 Å². The monoisotopic (exact) mass is 157 g/mol. The molecule has 0 aromatic carbocycles. The lowest BCUT2D eigenvalue weighted by Gasteiger charge is -1.99. The lowest BCUT2D eigenvalue weighted by atomic mass is 10.2. The number of imide groups is 1. The van der Waals surface area contributed by atoms with Gasteiger partial charge in [-0.05, 0) is 0 Å². The summed E-state index contributed by atoms with van der Waals surface area (Å²) in [4.78, 5) is 21.2. The van der Waals surface area contributed by atoms with Crippen molar-refractivity contribution in [3.05, 3.63) is 0 Å². The highest BCUT2D eigenvalue weighted by molar-refractivity contribution is 6.05. The Labute approximate surface area is 62.3 Å². The van der Waals surface area contributed by atoms with Crippen LogP contribution in [0.4, 0.5) is 4.79 Å². The zero-order valence-corrected chi connectivity index (χ0v) is 5.57. The summed E-state index contributed by atoms with van der Waals surface area (Å²) >= 11 is 0. The van der Waals surface area contributed by atoms with Crippen molar-refractivity contribution in [2.45, 2.75) is 12.5 Å². The van der Waals surface area contributed by atoms with Gasteiger partial charge in [-0.15, -0.1) is 5.16 Å². The molecule has 1 rings (SSSR count). The minimum absolute atomic E-state index is 0.202. The Kier molecular flexibility index (Phi) is 2.05. The van der Waals surface area contributed by atoms with Crippen molar-refractivity contribution in [1.29, 1.82) is 0 Å². The molecule has 0 bridgehead atoms. The molecule has 6 nitrogen and oxygen atoms in total. The minimum atomic E-state index is -0.599. The van der Waals surface area contributed by atoms with Crippen LogP contribution in [0.25, 0.3) is 0 Å². The van der Waals surface area contributed by atoms with E-state index in [0.717, 1.165) is 6.21 Å². The van der Waals surface area contributed by atoms with Crippen LogP contribution in [0.5, 0.6) is 0 Å². The predicted molar refractivity (Wildman–Crippen MR) is 35.4 cm³/mol. The number of rotatable bonds is 2. The number of urea groups is 1. The van der Waals surface area contributed by atoms with Gasteiger partial charge in [0.1, 0.15) is 6.04 Å². The van der Waals surface area contributed by atoms with Crippen molar-refractivity contribution in [2.24, 2.45) is 5.16 Å². The number of carbonyl (C=O) groups excluding carboxylic acids is 2. The lowest BCUT2D eigenvalue weighted by Crippen LogP contribution is -2.28. The van der Waals surface area contributed by atoms with E-state index in [1.165, 1.54) is 0 Å². The number of amides is 3. The van der Waals surface area contributed by atoms with Crippen molar-refractivity contribution >= 4 is 18.2 Å². The van der Waals surface area contributed by atoms with Gasteiger partial charge in [0.2, 0.25) is 0 Å². The molecule has 1 aliphatic rings. The Bertz CT molecular complexity index is 213. The predicted octanol–water partition coefficient (Wildman–Crippen LogP) is -0.956. The van der Waals surface area contributed by atoms with E-state index in [2.05, 4.69) is 10.5 Å². The average Bonchev–Trinajstić information content (AvgIpc) is 2.26. The first kappa shape index (κ1) is 7.52. The quantitative estimate of drug-likeness (QED) is 0.209. The summed E-state index contributed by atoms with van der Waals surface area (Å²) in [6.45, 7) is 0. The van der Waals surface area contributed by atoms with E-state index in [4.69, 9.17) is 5.21 Å². The zero-order chi connectivity index (χ0) is 8.27. The first-order valence-corrected chi connectivity index (χ1v) is 3.01. The van der Waals surface area contributed by atoms with Crippen molar-refractivity contribution in [3.63, 3.8) is 0 Å². The first-order valence-electron chi connectivity index (χ1n) is 3.01. The SMILES string of the molecule is O=C1NC(=O)C(CC=NO)N1. The molecule has 6 heteroatoms. The Morgan fingerprint density at radius 1 is 1.64 bits per heavy atom. The molecule has 11 heavy (non-hydrogen) atoms. The molecule has 0 saturated carbocycles. The second kappa shape index (κ2) is 3.00. The smallest absolute Gasteiger partial charge is 0.322 e. The third-order valence-corrected chi connectivity index (χ3v) is 1.28. The van der Waals surface area contributed by atoms with E-state index in [1.807, 2.05) is 5.32 Å². The Morgan fingerprint density at radius 3 is 2.82 bits per heavy atom. The summed E-state index contributed by atoms with van der Waals surface area (Å²) in [5.41, 5.74) is 0.